The van der Waals surface area contributed by atoms with Crippen LogP contribution in [0.2, 0.25) is 0 Å². The molecule has 100 valence electrons. The average Bonchev–Trinajstić information content (AvgIpc) is 2.33. The predicted octanol–water partition coefficient (Wildman–Crippen LogP) is 4.02. The molecule has 0 aliphatic rings. The van der Waals surface area contributed by atoms with Crippen LogP contribution in [-0.2, 0) is 12.0 Å². The molecule has 19 heavy (non-hydrogen) atoms. The van der Waals surface area contributed by atoms with Gasteiger partial charge in [0.1, 0.15) is 11.6 Å². The first-order valence-electron chi connectivity index (χ1n) is 5.81. The molecule has 1 nitrogen and oxygen atoms in total. The van der Waals surface area contributed by atoms with Crippen LogP contribution in [0.1, 0.15) is 18.1 Å². The summed E-state index contributed by atoms with van der Waals surface area (Å²) < 4.78 is 27.5. The Balaban J connectivity index is 2.27. The number of benzene rings is 2. The van der Waals surface area contributed by atoms with E-state index in [4.69, 9.17) is 0 Å². The highest BCUT2D eigenvalue weighted by Gasteiger charge is 2.25. The van der Waals surface area contributed by atoms with Crippen molar-refractivity contribution in [3.63, 3.8) is 0 Å². The van der Waals surface area contributed by atoms with Gasteiger partial charge in [0.25, 0.3) is 0 Å². The van der Waals surface area contributed by atoms with Crippen LogP contribution in [-0.4, -0.2) is 5.11 Å². The standard InChI is InChI=1S/C15H13F2IO/c1-15(19,11-3-6-13(18)7-4-11)9-10-2-5-12(16)8-14(10)17/h2-8,19H,9H2,1H3. The molecule has 1 N–H and O–H groups in total. The van der Waals surface area contributed by atoms with E-state index in [1.54, 1.807) is 6.92 Å². The molecule has 2 aromatic rings. The fourth-order valence-electron chi connectivity index (χ4n) is 1.95. The second-order valence-electron chi connectivity index (χ2n) is 4.69. The first kappa shape index (κ1) is 14.4. The quantitative estimate of drug-likeness (QED) is 0.805. The maximum absolute atomic E-state index is 13.6. The third-order valence-electron chi connectivity index (χ3n) is 3.02. The van der Waals surface area contributed by atoms with Crippen LogP contribution >= 0.6 is 22.6 Å². The van der Waals surface area contributed by atoms with Gasteiger partial charge in [-0.3, -0.25) is 0 Å². The minimum Gasteiger partial charge on any atom is -0.385 e. The Morgan fingerprint density at radius 1 is 1.11 bits per heavy atom. The molecule has 0 saturated carbocycles. The van der Waals surface area contributed by atoms with Crippen LogP contribution in [0, 0.1) is 15.2 Å². The van der Waals surface area contributed by atoms with E-state index in [0.717, 1.165) is 9.64 Å². The predicted molar refractivity (Wildman–Crippen MR) is 78.8 cm³/mol. The van der Waals surface area contributed by atoms with E-state index in [0.29, 0.717) is 11.1 Å². The molecule has 4 heteroatoms. The highest BCUT2D eigenvalue weighted by Crippen LogP contribution is 2.27. The van der Waals surface area contributed by atoms with Crippen molar-refractivity contribution in [3.05, 3.63) is 68.8 Å². The Kier molecular flexibility index (Phi) is 4.20. The largest absolute Gasteiger partial charge is 0.385 e. The zero-order valence-corrected chi connectivity index (χ0v) is 12.5. The Bertz CT molecular complexity index is 579. The summed E-state index contributed by atoms with van der Waals surface area (Å²) in [7, 11) is 0. The molecule has 0 aliphatic heterocycles. The SMILES string of the molecule is CC(O)(Cc1ccc(F)cc1F)c1ccc(I)cc1. The summed E-state index contributed by atoms with van der Waals surface area (Å²) >= 11 is 2.17. The summed E-state index contributed by atoms with van der Waals surface area (Å²) in [6.45, 7) is 1.62. The molecular formula is C15H13F2IO. The second-order valence-corrected chi connectivity index (χ2v) is 5.94. The molecule has 0 amide bonds. The van der Waals surface area contributed by atoms with Crippen LogP contribution in [0.25, 0.3) is 0 Å². The molecule has 0 aromatic heterocycles. The zero-order valence-electron chi connectivity index (χ0n) is 10.3. The Morgan fingerprint density at radius 3 is 2.32 bits per heavy atom. The summed E-state index contributed by atoms with van der Waals surface area (Å²) in [6.07, 6.45) is 0.0969. The van der Waals surface area contributed by atoms with Crippen LogP contribution in [0.15, 0.2) is 42.5 Å². The highest BCUT2D eigenvalue weighted by atomic mass is 127. The van der Waals surface area contributed by atoms with Gasteiger partial charge >= 0.3 is 0 Å². The molecule has 0 saturated heterocycles. The van der Waals surface area contributed by atoms with Gasteiger partial charge in [0.2, 0.25) is 0 Å². The van der Waals surface area contributed by atoms with Crippen molar-refractivity contribution in [2.75, 3.05) is 0 Å². The molecule has 0 bridgehead atoms. The minimum absolute atomic E-state index is 0.0969. The van der Waals surface area contributed by atoms with Crippen LogP contribution in [0.5, 0.6) is 0 Å². The molecule has 1 unspecified atom stereocenters. The van der Waals surface area contributed by atoms with E-state index in [9.17, 15) is 13.9 Å². The number of halogens is 3. The average molecular weight is 374 g/mol. The maximum Gasteiger partial charge on any atom is 0.129 e. The zero-order chi connectivity index (χ0) is 14.0. The Morgan fingerprint density at radius 2 is 1.74 bits per heavy atom. The molecule has 0 radical (unpaired) electrons. The lowest BCUT2D eigenvalue weighted by Crippen LogP contribution is -2.24. The van der Waals surface area contributed by atoms with Crippen molar-refractivity contribution < 1.29 is 13.9 Å². The molecule has 0 heterocycles. The smallest absolute Gasteiger partial charge is 0.129 e. The van der Waals surface area contributed by atoms with Crippen molar-refractivity contribution in [3.8, 4) is 0 Å². The summed E-state index contributed by atoms with van der Waals surface area (Å²) in [4.78, 5) is 0. The Labute approximate surface area is 124 Å². The number of hydrogen-bond acceptors (Lipinski definition) is 1. The van der Waals surface area contributed by atoms with Gasteiger partial charge in [0, 0.05) is 16.1 Å². The molecule has 2 aromatic carbocycles. The van der Waals surface area contributed by atoms with Crippen molar-refractivity contribution in [1.29, 1.82) is 0 Å². The molecular weight excluding hydrogens is 361 g/mol. The lowest BCUT2D eigenvalue weighted by atomic mass is 9.89. The van der Waals surface area contributed by atoms with E-state index < -0.39 is 17.2 Å². The lowest BCUT2D eigenvalue weighted by molar-refractivity contribution is 0.0566. The summed E-state index contributed by atoms with van der Waals surface area (Å²) in [5, 5.41) is 10.5. The van der Waals surface area contributed by atoms with Crippen molar-refractivity contribution in [1.82, 2.24) is 0 Å². The molecule has 2 rings (SSSR count). The van der Waals surface area contributed by atoms with Gasteiger partial charge in [-0.2, -0.15) is 0 Å². The number of hydrogen-bond donors (Lipinski definition) is 1. The fourth-order valence-corrected chi connectivity index (χ4v) is 2.31. The third-order valence-corrected chi connectivity index (χ3v) is 3.74. The molecule has 0 aliphatic carbocycles. The van der Waals surface area contributed by atoms with Gasteiger partial charge in [-0.1, -0.05) is 18.2 Å². The van der Waals surface area contributed by atoms with Crippen LogP contribution in [0.4, 0.5) is 8.78 Å². The van der Waals surface area contributed by atoms with Gasteiger partial charge in [-0.25, -0.2) is 8.78 Å². The van der Waals surface area contributed by atoms with E-state index in [2.05, 4.69) is 22.6 Å². The van der Waals surface area contributed by atoms with Gasteiger partial charge in [-0.05, 0) is 58.8 Å². The third kappa shape index (κ3) is 3.51. The van der Waals surface area contributed by atoms with Crippen LogP contribution in [0.3, 0.4) is 0 Å². The lowest BCUT2D eigenvalue weighted by Gasteiger charge is -2.24. The van der Waals surface area contributed by atoms with Gasteiger partial charge in [0.05, 0.1) is 5.60 Å². The summed E-state index contributed by atoms with van der Waals surface area (Å²) in [6, 6.07) is 10.8. The van der Waals surface area contributed by atoms with Gasteiger partial charge < -0.3 is 5.11 Å². The van der Waals surface area contributed by atoms with Crippen LogP contribution < -0.4 is 0 Å². The summed E-state index contributed by atoms with van der Waals surface area (Å²) in [5.74, 6) is -1.25. The number of aliphatic hydroxyl groups is 1. The van der Waals surface area contributed by atoms with Crippen molar-refractivity contribution >= 4 is 22.6 Å². The van der Waals surface area contributed by atoms with Crippen molar-refractivity contribution in [2.45, 2.75) is 18.9 Å². The minimum atomic E-state index is -1.19. The van der Waals surface area contributed by atoms with Gasteiger partial charge in [-0.15, -0.1) is 0 Å². The van der Waals surface area contributed by atoms with E-state index in [1.807, 2.05) is 24.3 Å². The van der Waals surface area contributed by atoms with Gasteiger partial charge in [0.15, 0.2) is 0 Å². The highest BCUT2D eigenvalue weighted by molar-refractivity contribution is 14.1. The van der Waals surface area contributed by atoms with E-state index in [1.165, 1.54) is 12.1 Å². The molecule has 0 spiro atoms. The fraction of sp³-hybridized carbons (Fsp3) is 0.200. The first-order valence-corrected chi connectivity index (χ1v) is 6.89. The summed E-state index contributed by atoms with van der Waals surface area (Å²) in [5.41, 5.74) is -0.190. The monoisotopic (exact) mass is 374 g/mol. The van der Waals surface area contributed by atoms with E-state index in [-0.39, 0.29) is 6.42 Å². The Hall–Kier alpha value is -1.01. The first-order chi connectivity index (χ1) is 8.88. The maximum atomic E-state index is 13.6. The van der Waals surface area contributed by atoms with Crippen molar-refractivity contribution in [2.24, 2.45) is 0 Å². The normalized spacial score (nSPS) is 14.2. The second kappa shape index (κ2) is 5.54. The van der Waals surface area contributed by atoms with E-state index >= 15 is 0 Å². The topological polar surface area (TPSA) is 20.2 Å². The molecule has 1 atom stereocenters. The molecule has 0 fully saturated rings. The number of rotatable bonds is 3.